The van der Waals surface area contributed by atoms with Gasteiger partial charge in [-0.25, -0.2) is 0 Å². The average Bonchev–Trinajstić information content (AvgIpc) is 2.83. The fraction of sp³-hybridized carbons (Fsp3) is 0.923. The van der Waals surface area contributed by atoms with Crippen LogP contribution in [0.2, 0.25) is 0 Å². The van der Waals surface area contributed by atoms with E-state index in [4.69, 9.17) is 4.74 Å². The molecule has 1 fully saturated rings. The van der Waals surface area contributed by atoms with E-state index in [1.54, 1.807) is 0 Å². The predicted octanol–water partition coefficient (Wildman–Crippen LogP) is 0.213. The van der Waals surface area contributed by atoms with Gasteiger partial charge in [-0.1, -0.05) is 6.92 Å². The number of hydrogen-bond acceptors (Lipinski definition) is 4. The average molecular weight is 257 g/mol. The molecule has 1 aliphatic heterocycles. The van der Waals surface area contributed by atoms with Crippen molar-refractivity contribution in [3.05, 3.63) is 0 Å². The van der Waals surface area contributed by atoms with Gasteiger partial charge in [-0.15, -0.1) is 0 Å². The third kappa shape index (κ3) is 4.55. The van der Waals surface area contributed by atoms with Gasteiger partial charge in [0, 0.05) is 13.1 Å². The van der Waals surface area contributed by atoms with Crippen molar-refractivity contribution in [1.82, 2.24) is 15.5 Å². The number of likely N-dealkylation sites (N-methyl/N-ethyl adjacent to an activating group) is 1. The Balaban J connectivity index is 2.13. The molecule has 2 N–H and O–H groups in total. The second-order valence-electron chi connectivity index (χ2n) is 5.14. The molecule has 18 heavy (non-hydrogen) atoms. The summed E-state index contributed by atoms with van der Waals surface area (Å²) >= 11 is 0. The summed E-state index contributed by atoms with van der Waals surface area (Å²) in [7, 11) is 4.03. The van der Waals surface area contributed by atoms with Gasteiger partial charge in [-0.2, -0.15) is 0 Å². The van der Waals surface area contributed by atoms with Crippen LogP contribution >= 0.6 is 0 Å². The Labute approximate surface area is 110 Å². The van der Waals surface area contributed by atoms with Gasteiger partial charge in [0.2, 0.25) is 5.91 Å². The van der Waals surface area contributed by atoms with E-state index in [1.807, 2.05) is 14.1 Å². The van der Waals surface area contributed by atoms with Crippen LogP contribution in [0.15, 0.2) is 0 Å². The van der Waals surface area contributed by atoms with E-state index in [0.717, 1.165) is 32.4 Å². The van der Waals surface area contributed by atoms with E-state index in [9.17, 15) is 4.79 Å². The molecule has 5 heteroatoms. The zero-order valence-electron chi connectivity index (χ0n) is 11.9. The molecular formula is C13H27N3O2. The van der Waals surface area contributed by atoms with Crippen LogP contribution in [0, 0.1) is 0 Å². The molecule has 0 saturated carbocycles. The van der Waals surface area contributed by atoms with Crippen LogP contribution in [-0.4, -0.2) is 63.3 Å². The first-order valence-corrected chi connectivity index (χ1v) is 6.86. The lowest BCUT2D eigenvalue weighted by atomic mass is 9.93. The van der Waals surface area contributed by atoms with Crippen LogP contribution in [0.25, 0.3) is 0 Å². The van der Waals surface area contributed by atoms with Gasteiger partial charge in [0.25, 0.3) is 0 Å². The minimum absolute atomic E-state index is 0.124. The van der Waals surface area contributed by atoms with Gasteiger partial charge in [0.05, 0.1) is 18.8 Å². The fourth-order valence-electron chi connectivity index (χ4n) is 2.22. The first kappa shape index (κ1) is 15.4. The number of ether oxygens (including phenoxy) is 1. The standard InChI is InChI=1S/C13H27N3O2/c1-4-13(6-5-7-15-13)12(17)14-8-10-18-11-9-16(2)3/h15H,4-11H2,1-3H3,(H,14,17). The summed E-state index contributed by atoms with van der Waals surface area (Å²) in [4.78, 5) is 14.2. The Bertz CT molecular complexity index is 251. The molecule has 0 aromatic carbocycles. The Morgan fingerprint density at radius 3 is 2.78 bits per heavy atom. The third-order valence-corrected chi connectivity index (χ3v) is 3.50. The second-order valence-corrected chi connectivity index (χ2v) is 5.14. The highest BCUT2D eigenvalue weighted by molar-refractivity contribution is 5.86. The highest BCUT2D eigenvalue weighted by Crippen LogP contribution is 2.22. The lowest BCUT2D eigenvalue weighted by Gasteiger charge is -2.26. The van der Waals surface area contributed by atoms with E-state index in [1.165, 1.54) is 0 Å². The molecule has 106 valence electrons. The van der Waals surface area contributed by atoms with Crippen molar-refractivity contribution in [2.24, 2.45) is 0 Å². The molecule has 0 radical (unpaired) electrons. The monoisotopic (exact) mass is 257 g/mol. The van der Waals surface area contributed by atoms with Gasteiger partial charge in [-0.3, -0.25) is 4.79 Å². The van der Waals surface area contributed by atoms with Crippen molar-refractivity contribution in [3.8, 4) is 0 Å². The lowest BCUT2D eigenvalue weighted by molar-refractivity contribution is -0.127. The summed E-state index contributed by atoms with van der Waals surface area (Å²) in [6.07, 6.45) is 2.87. The molecule has 1 saturated heterocycles. The molecule has 0 bridgehead atoms. The number of carbonyl (C=O) groups is 1. The Morgan fingerprint density at radius 2 is 2.22 bits per heavy atom. The quantitative estimate of drug-likeness (QED) is 0.611. The minimum Gasteiger partial charge on any atom is -0.378 e. The van der Waals surface area contributed by atoms with E-state index in [2.05, 4.69) is 22.5 Å². The first-order chi connectivity index (χ1) is 8.60. The Kier molecular flexibility index (Phi) is 6.60. The van der Waals surface area contributed by atoms with E-state index in [-0.39, 0.29) is 11.4 Å². The van der Waals surface area contributed by atoms with Crippen LogP contribution < -0.4 is 10.6 Å². The van der Waals surface area contributed by atoms with Crippen LogP contribution in [0.5, 0.6) is 0 Å². The maximum atomic E-state index is 12.1. The molecule has 5 nitrogen and oxygen atoms in total. The number of amides is 1. The highest BCUT2D eigenvalue weighted by atomic mass is 16.5. The Morgan fingerprint density at radius 1 is 1.44 bits per heavy atom. The minimum atomic E-state index is -0.330. The number of hydrogen-bond donors (Lipinski definition) is 2. The molecule has 0 spiro atoms. The van der Waals surface area contributed by atoms with Crippen LogP contribution in [0.3, 0.4) is 0 Å². The SMILES string of the molecule is CCC1(C(=O)NCCOCCN(C)C)CCCN1. The molecule has 0 aliphatic carbocycles. The molecule has 1 atom stereocenters. The van der Waals surface area contributed by atoms with E-state index in [0.29, 0.717) is 19.8 Å². The van der Waals surface area contributed by atoms with Crippen molar-refractivity contribution in [3.63, 3.8) is 0 Å². The van der Waals surface area contributed by atoms with Gasteiger partial charge in [-0.05, 0) is 39.9 Å². The molecule has 1 unspecified atom stereocenters. The van der Waals surface area contributed by atoms with Crippen molar-refractivity contribution in [1.29, 1.82) is 0 Å². The fourth-order valence-corrected chi connectivity index (χ4v) is 2.22. The van der Waals surface area contributed by atoms with Crippen molar-refractivity contribution in [2.45, 2.75) is 31.7 Å². The summed E-state index contributed by atoms with van der Waals surface area (Å²) in [6, 6.07) is 0. The zero-order chi connectivity index (χ0) is 13.4. The van der Waals surface area contributed by atoms with Crippen molar-refractivity contribution >= 4 is 5.91 Å². The number of nitrogens with zero attached hydrogens (tertiary/aromatic N) is 1. The second kappa shape index (κ2) is 7.71. The highest BCUT2D eigenvalue weighted by Gasteiger charge is 2.38. The lowest BCUT2D eigenvalue weighted by Crippen LogP contribution is -2.53. The normalized spacial score (nSPS) is 23.6. The molecule has 0 aromatic rings. The predicted molar refractivity (Wildman–Crippen MR) is 72.6 cm³/mol. The topological polar surface area (TPSA) is 53.6 Å². The van der Waals surface area contributed by atoms with Gasteiger partial charge in [0.1, 0.15) is 0 Å². The third-order valence-electron chi connectivity index (χ3n) is 3.50. The van der Waals surface area contributed by atoms with E-state index < -0.39 is 0 Å². The summed E-state index contributed by atoms with van der Waals surface area (Å²) in [5, 5.41) is 6.29. The molecule has 1 rings (SSSR count). The van der Waals surface area contributed by atoms with Gasteiger partial charge in [0.15, 0.2) is 0 Å². The number of nitrogens with one attached hydrogen (secondary N) is 2. The maximum absolute atomic E-state index is 12.1. The Hall–Kier alpha value is -0.650. The smallest absolute Gasteiger partial charge is 0.240 e. The summed E-state index contributed by atoms with van der Waals surface area (Å²) in [5.74, 6) is 0.124. The zero-order valence-corrected chi connectivity index (χ0v) is 11.9. The summed E-state index contributed by atoms with van der Waals surface area (Å²) < 4.78 is 5.45. The molecular weight excluding hydrogens is 230 g/mol. The molecule has 1 amide bonds. The summed E-state index contributed by atoms with van der Waals surface area (Å²) in [5.41, 5.74) is -0.330. The van der Waals surface area contributed by atoms with E-state index >= 15 is 0 Å². The number of rotatable bonds is 8. The van der Waals surface area contributed by atoms with Crippen molar-refractivity contribution in [2.75, 3.05) is 46.9 Å². The van der Waals surface area contributed by atoms with Gasteiger partial charge < -0.3 is 20.3 Å². The van der Waals surface area contributed by atoms with Crippen molar-refractivity contribution < 1.29 is 9.53 Å². The van der Waals surface area contributed by atoms with Gasteiger partial charge >= 0.3 is 0 Å². The first-order valence-electron chi connectivity index (χ1n) is 6.86. The largest absolute Gasteiger partial charge is 0.378 e. The molecule has 0 aromatic heterocycles. The van der Waals surface area contributed by atoms with Crippen LogP contribution in [0.1, 0.15) is 26.2 Å². The van der Waals surface area contributed by atoms with Crippen LogP contribution in [0.4, 0.5) is 0 Å². The maximum Gasteiger partial charge on any atom is 0.240 e. The number of carbonyl (C=O) groups excluding carboxylic acids is 1. The molecule has 1 heterocycles. The van der Waals surface area contributed by atoms with Crippen LogP contribution in [-0.2, 0) is 9.53 Å². The summed E-state index contributed by atoms with van der Waals surface area (Å²) in [6.45, 7) is 5.80. The molecule has 1 aliphatic rings.